The fourth-order valence-electron chi connectivity index (χ4n) is 1.15. The van der Waals surface area contributed by atoms with E-state index >= 15 is 0 Å². The van der Waals surface area contributed by atoms with Crippen molar-refractivity contribution in [1.29, 1.82) is 0 Å². The molecule has 0 aliphatic rings. The third kappa shape index (κ3) is 1.74. The standard InChI is InChI=1S/C9H6Br2N2O/c1-5-6(3-2-4-7(5)10)8-12-9(11)13-14-8/h2-4H,1H3. The fraction of sp³-hybridized carbons (Fsp3) is 0.111. The second kappa shape index (κ2) is 3.82. The smallest absolute Gasteiger partial charge is 0.258 e. The van der Waals surface area contributed by atoms with Crippen LogP contribution in [0.25, 0.3) is 11.5 Å². The second-order valence-corrected chi connectivity index (χ2v) is 4.34. The lowest BCUT2D eigenvalue weighted by molar-refractivity contribution is 0.426. The Kier molecular flexibility index (Phi) is 2.69. The number of rotatable bonds is 1. The highest BCUT2D eigenvalue weighted by molar-refractivity contribution is 9.10. The molecule has 5 heteroatoms. The number of aromatic nitrogens is 2. The maximum atomic E-state index is 5.06. The lowest BCUT2D eigenvalue weighted by atomic mass is 10.1. The van der Waals surface area contributed by atoms with Gasteiger partial charge in [0, 0.05) is 10.0 Å². The van der Waals surface area contributed by atoms with Crippen LogP contribution in [0.4, 0.5) is 0 Å². The predicted octanol–water partition coefficient (Wildman–Crippen LogP) is 3.57. The van der Waals surface area contributed by atoms with Gasteiger partial charge in [0.2, 0.25) is 4.73 Å². The van der Waals surface area contributed by atoms with Crippen LogP contribution in [0.15, 0.2) is 31.9 Å². The highest BCUT2D eigenvalue weighted by atomic mass is 79.9. The van der Waals surface area contributed by atoms with Crippen LogP contribution < -0.4 is 0 Å². The molecule has 3 nitrogen and oxygen atoms in total. The quantitative estimate of drug-likeness (QED) is 0.807. The molecule has 0 bridgehead atoms. The Labute approximate surface area is 97.8 Å². The van der Waals surface area contributed by atoms with E-state index < -0.39 is 0 Å². The van der Waals surface area contributed by atoms with E-state index in [1.165, 1.54) is 0 Å². The van der Waals surface area contributed by atoms with Gasteiger partial charge in [-0.25, -0.2) is 0 Å². The number of halogens is 2. The average molecular weight is 318 g/mol. The van der Waals surface area contributed by atoms with Crippen LogP contribution in [-0.4, -0.2) is 10.1 Å². The van der Waals surface area contributed by atoms with E-state index in [-0.39, 0.29) is 0 Å². The molecule has 0 saturated carbocycles. The van der Waals surface area contributed by atoms with Crippen LogP contribution in [0.2, 0.25) is 0 Å². The maximum Gasteiger partial charge on any atom is 0.258 e. The summed E-state index contributed by atoms with van der Waals surface area (Å²) in [5.74, 6) is 0.524. The Bertz CT molecular complexity index is 468. The minimum Gasteiger partial charge on any atom is -0.333 e. The first kappa shape index (κ1) is 9.86. The SMILES string of the molecule is Cc1c(Br)cccc1-c1nc(Br)no1. The molecule has 1 aromatic carbocycles. The van der Waals surface area contributed by atoms with Crippen LogP contribution in [-0.2, 0) is 0 Å². The van der Waals surface area contributed by atoms with Crippen molar-refractivity contribution in [3.8, 4) is 11.5 Å². The summed E-state index contributed by atoms with van der Waals surface area (Å²) in [6, 6.07) is 5.86. The summed E-state index contributed by atoms with van der Waals surface area (Å²) in [6.45, 7) is 2.00. The summed E-state index contributed by atoms with van der Waals surface area (Å²) < 4.78 is 6.55. The zero-order valence-corrected chi connectivity index (χ0v) is 10.5. The summed E-state index contributed by atoms with van der Waals surface area (Å²) in [7, 11) is 0. The summed E-state index contributed by atoms with van der Waals surface area (Å²) in [6.07, 6.45) is 0. The topological polar surface area (TPSA) is 38.9 Å². The molecule has 14 heavy (non-hydrogen) atoms. The summed E-state index contributed by atoms with van der Waals surface area (Å²) in [5, 5.41) is 3.68. The van der Waals surface area contributed by atoms with Crippen LogP contribution >= 0.6 is 31.9 Å². The monoisotopic (exact) mass is 316 g/mol. The number of benzene rings is 1. The minimum absolute atomic E-state index is 0.465. The first-order valence-electron chi connectivity index (χ1n) is 3.93. The van der Waals surface area contributed by atoms with Crippen molar-refractivity contribution >= 4 is 31.9 Å². The Morgan fingerprint density at radius 1 is 1.29 bits per heavy atom. The molecule has 0 saturated heterocycles. The molecule has 0 amide bonds. The second-order valence-electron chi connectivity index (χ2n) is 2.78. The largest absolute Gasteiger partial charge is 0.333 e. The molecule has 0 fully saturated rings. The van der Waals surface area contributed by atoms with Gasteiger partial charge in [-0.3, -0.25) is 0 Å². The van der Waals surface area contributed by atoms with E-state index in [1.807, 2.05) is 25.1 Å². The molecule has 0 atom stereocenters. The Hall–Kier alpha value is -0.680. The molecule has 2 aromatic rings. The summed E-state index contributed by atoms with van der Waals surface area (Å²) in [5.41, 5.74) is 2.03. The lowest BCUT2D eigenvalue weighted by Gasteiger charge is -2.01. The van der Waals surface area contributed by atoms with Crippen LogP contribution in [0.3, 0.4) is 0 Å². The van der Waals surface area contributed by atoms with E-state index in [4.69, 9.17) is 4.52 Å². The van der Waals surface area contributed by atoms with Crippen molar-refractivity contribution in [2.75, 3.05) is 0 Å². The van der Waals surface area contributed by atoms with Gasteiger partial charge in [0.05, 0.1) is 0 Å². The fourth-order valence-corrected chi connectivity index (χ4v) is 1.75. The molecule has 0 spiro atoms. The van der Waals surface area contributed by atoms with Gasteiger partial charge in [0.25, 0.3) is 5.89 Å². The molecule has 72 valence electrons. The molecule has 0 unspecified atom stereocenters. The zero-order valence-electron chi connectivity index (χ0n) is 7.29. The van der Waals surface area contributed by atoms with Crippen molar-refractivity contribution in [1.82, 2.24) is 10.1 Å². The van der Waals surface area contributed by atoms with Gasteiger partial charge in [-0.05, 0) is 45.7 Å². The number of hydrogen-bond acceptors (Lipinski definition) is 3. The third-order valence-electron chi connectivity index (χ3n) is 1.90. The summed E-state index contributed by atoms with van der Waals surface area (Å²) >= 11 is 6.59. The minimum atomic E-state index is 0.465. The van der Waals surface area contributed by atoms with Gasteiger partial charge in [0.1, 0.15) is 0 Å². The van der Waals surface area contributed by atoms with Crippen molar-refractivity contribution in [2.45, 2.75) is 6.92 Å². The average Bonchev–Trinajstić information content (AvgIpc) is 2.57. The van der Waals surface area contributed by atoms with Gasteiger partial charge in [-0.2, -0.15) is 4.98 Å². The normalized spacial score (nSPS) is 10.5. The van der Waals surface area contributed by atoms with Crippen molar-refractivity contribution < 1.29 is 4.52 Å². The van der Waals surface area contributed by atoms with Gasteiger partial charge in [-0.1, -0.05) is 22.0 Å². The maximum absolute atomic E-state index is 5.06. The molecule has 2 rings (SSSR count). The first-order chi connectivity index (χ1) is 6.68. The molecular formula is C9H6Br2N2O. The molecule has 0 aliphatic heterocycles. The van der Waals surface area contributed by atoms with Crippen molar-refractivity contribution in [3.05, 3.63) is 33.0 Å². The zero-order chi connectivity index (χ0) is 10.1. The van der Waals surface area contributed by atoms with Gasteiger partial charge >= 0.3 is 0 Å². The molecule has 1 heterocycles. The highest BCUT2D eigenvalue weighted by Gasteiger charge is 2.10. The van der Waals surface area contributed by atoms with E-state index in [1.54, 1.807) is 0 Å². The van der Waals surface area contributed by atoms with E-state index in [9.17, 15) is 0 Å². The van der Waals surface area contributed by atoms with Gasteiger partial charge in [-0.15, -0.1) is 0 Å². The van der Waals surface area contributed by atoms with Crippen LogP contribution in [0.1, 0.15) is 5.56 Å². The van der Waals surface area contributed by atoms with Crippen molar-refractivity contribution in [2.24, 2.45) is 0 Å². The Morgan fingerprint density at radius 3 is 2.71 bits per heavy atom. The lowest BCUT2D eigenvalue weighted by Crippen LogP contribution is -1.84. The highest BCUT2D eigenvalue weighted by Crippen LogP contribution is 2.27. The predicted molar refractivity (Wildman–Crippen MR) is 59.9 cm³/mol. The molecule has 1 aromatic heterocycles. The summed E-state index contributed by atoms with van der Waals surface area (Å²) in [4.78, 5) is 4.10. The number of nitrogens with zero attached hydrogens (tertiary/aromatic N) is 2. The van der Waals surface area contributed by atoms with E-state index in [0.29, 0.717) is 10.6 Å². The molecule has 0 radical (unpaired) electrons. The van der Waals surface area contributed by atoms with Crippen molar-refractivity contribution in [3.63, 3.8) is 0 Å². The third-order valence-corrected chi connectivity index (χ3v) is 3.08. The van der Waals surface area contributed by atoms with Gasteiger partial charge < -0.3 is 4.52 Å². The first-order valence-corrected chi connectivity index (χ1v) is 5.52. The van der Waals surface area contributed by atoms with Gasteiger partial charge in [0.15, 0.2) is 0 Å². The van der Waals surface area contributed by atoms with E-state index in [2.05, 4.69) is 42.0 Å². The Balaban J connectivity index is 2.57. The van der Waals surface area contributed by atoms with Crippen LogP contribution in [0.5, 0.6) is 0 Å². The Morgan fingerprint density at radius 2 is 2.07 bits per heavy atom. The van der Waals surface area contributed by atoms with Crippen LogP contribution in [0, 0.1) is 6.92 Å². The molecular weight excluding hydrogens is 312 g/mol. The molecule has 0 N–H and O–H groups in total. The van der Waals surface area contributed by atoms with E-state index in [0.717, 1.165) is 15.6 Å². The number of hydrogen-bond donors (Lipinski definition) is 0. The molecule has 0 aliphatic carbocycles.